The van der Waals surface area contributed by atoms with Crippen molar-refractivity contribution in [2.24, 2.45) is 10.9 Å². The Labute approximate surface area is 246 Å². The number of rotatable bonds is 3. The normalized spacial score (nSPS) is 14.5. The van der Waals surface area contributed by atoms with Crippen molar-refractivity contribution in [1.82, 2.24) is 0 Å². The van der Waals surface area contributed by atoms with Crippen molar-refractivity contribution in [3.63, 3.8) is 0 Å². The lowest BCUT2D eigenvalue weighted by Crippen LogP contribution is -2.33. The van der Waals surface area contributed by atoms with Crippen molar-refractivity contribution in [2.75, 3.05) is 4.90 Å². The molecule has 0 bridgehead atoms. The van der Waals surface area contributed by atoms with E-state index < -0.39 is 21.6 Å². The van der Waals surface area contributed by atoms with Crippen LogP contribution >= 0.6 is 34.8 Å². The molecule has 0 unspecified atom stereocenters. The van der Waals surface area contributed by atoms with Gasteiger partial charge in [0.25, 0.3) is 0 Å². The lowest BCUT2D eigenvalue weighted by atomic mass is 9.77. The molecule has 1 spiro atoms. The molecule has 6 rings (SSSR count). The number of phenolic OH excluding ortho intramolecular Hbond substituents is 2. The highest BCUT2D eigenvalue weighted by Crippen LogP contribution is 2.58. The standard InChI is InChI=1S/C27H18IN3O7S2/c28-19-12-15(40(30,35)36)6-9-20(19)31(26(29)39)21-3-1-2-18-24(21)25(34)38-27(18)16-7-4-13(32)10-22(16)37-23-11-14(33)5-8-17(23)27/h1-12,32-33H,(H2,29,39)(H2,30,35,36). The van der Waals surface area contributed by atoms with Crippen LogP contribution in [0.1, 0.15) is 27.0 Å². The van der Waals surface area contributed by atoms with Crippen LogP contribution in [0.2, 0.25) is 0 Å². The van der Waals surface area contributed by atoms with Crippen LogP contribution in [0.4, 0.5) is 11.4 Å². The molecule has 40 heavy (non-hydrogen) atoms. The number of carbonyl (C=O) groups excluding carboxylic acids is 1. The summed E-state index contributed by atoms with van der Waals surface area (Å²) in [6.07, 6.45) is 0. The molecule has 2 aliphatic heterocycles. The van der Waals surface area contributed by atoms with E-state index in [1.165, 1.54) is 47.4 Å². The number of hydrogen-bond acceptors (Lipinski definition) is 8. The summed E-state index contributed by atoms with van der Waals surface area (Å²) in [6, 6.07) is 18.2. The van der Waals surface area contributed by atoms with E-state index in [0.717, 1.165) is 0 Å². The van der Waals surface area contributed by atoms with Gasteiger partial charge in [-0.05, 0) is 83.3 Å². The Bertz CT molecular complexity index is 1840. The number of phenols is 2. The van der Waals surface area contributed by atoms with Crippen molar-refractivity contribution in [2.45, 2.75) is 10.5 Å². The molecule has 10 nitrogen and oxygen atoms in total. The van der Waals surface area contributed by atoms with Crippen molar-refractivity contribution in [3.05, 3.63) is 98.6 Å². The predicted octanol–water partition coefficient (Wildman–Crippen LogP) is 4.30. The molecule has 202 valence electrons. The molecule has 4 aromatic rings. The smallest absolute Gasteiger partial charge is 0.342 e. The Morgan fingerprint density at radius 2 is 1.52 bits per heavy atom. The predicted molar refractivity (Wildman–Crippen MR) is 157 cm³/mol. The van der Waals surface area contributed by atoms with E-state index in [1.807, 2.05) is 22.6 Å². The number of anilines is 2. The van der Waals surface area contributed by atoms with Crippen LogP contribution in [-0.2, 0) is 20.4 Å². The van der Waals surface area contributed by atoms with E-state index in [2.05, 4.69) is 0 Å². The van der Waals surface area contributed by atoms with E-state index >= 15 is 0 Å². The van der Waals surface area contributed by atoms with E-state index in [0.29, 0.717) is 31.6 Å². The molecule has 2 heterocycles. The van der Waals surface area contributed by atoms with Crippen LogP contribution < -0.4 is 20.5 Å². The van der Waals surface area contributed by atoms with Gasteiger partial charge in [-0.3, -0.25) is 4.90 Å². The van der Waals surface area contributed by atoms with Gasteiger partial charge in [0.05, 0.1) is 21.8 Å². The first-order valence-electron chi connectivity index (χ1n) is 11.6. The van der Waals surface area contributed by atoms with Gasteiger partial charge in [0.2, 0.25) is 10.0 Å². The summed E-state index contributed by atoms with van der Waals surface area (Å²) in [5.41, 5.74) is 6.95. The fraction of sp³-hybridized carbons (Fsp3) is 0.0370. The largest absolute Gasteiger partial charge is 0.508 e. The number of esters is 1. The zero-order valence-electron chi connectivity index (χ0n) is 20.2. The number of nitrogens with zero attached hydrogens (tertiary/aromatic N) is 1. The molecule has 2 aliphatic rings. The maximum atomic E-state index is 13.8. The topological polar surface area (TPSA) is 165 Å². The van der Waals surface area contributed by atoms with E-state index in [9.17, 15) is 23.4 Å². The molecular formula is C27H18IN3O7S2. The minimum atomic E-state index is -3.96. The van der Waals surface area contributed by atoms with Crippen LogP contribution in [-0.4, -0.2) is 29.7 Å². The van der Waals surface area contributed by atoms with Gasteiger partial charge in [0.15, 0.2) is 10.7 Å². The molecule has 6 N–H and O–H groups in total. The number of benzene rings is 4. The highest BCUT2D eigenvalue weighted by atomic mass is 127. The molecular weight excluding hydrogens is 669 g/mol. The third-order valence-electron chi connectivity index (χ3n) is 6.73. The third kappa shape index (κ3) is 3.88. The lowest BCUT2D eigenvalue weighted by molar-refractivity contribution is 0.0224. The van der Waals surface area contributed by atoms with Crippen molar-refractivity contribution in [1.29, 1.82) is 0 Å². The highest BCUT2D eigenvalue weighted by molar-refractivity contribution is 14.1. The average Bonchev–Trinajstić information content (AvgIpc) is 3.17. The van der Waals surface area contributed by atoms with Gasteiger partial charge in [-0.2, -0.15) is 0 Å². The summed E-state index contributed by atoms with van der Waals surface area (Å²) in [6.45, 7) is 0. The number of carbonyl (C=O) groups is 1. The number of fused-ring (bicyclic) bond motifs is 6. The number of primary sulfonamides is 1. The molecule has 0 fully saturated rings. The molecule has 0 saturated heterocycles. The fourth-order valence-corrected chi connectivity index (χ4v) is 6.83. The maximum Gasteiger partial charge on any atom is 0.342 e. The number of ether oxygens (including phenoxy) is 2. The zero-order valence-corrected chi connectivity index (χ0v) is 24.0. The van der Waals surface area contributed by atoms with Crippen molar-refractivity contribution >= 4 is 67.3 Å². The minimum Gasteiger partial charge on any atom is -0.508 e. The molecule has 0 aliphatic carbocycles. The first kappa shape index (κ1) is 26.3. The molecule has 13 heteroatoms. The summed E-state index contributed by atoms with van der Waals surface area (Å²) in [5.74, 6) is -0.323. The van der Waals surface area contributed by atoms with Gasteiger partial charge in [-0.25, -0.2) is 18.4 Å². The minimum absolute atomic E-state index is 0.0621. The van der Waals surface area contributed by atoms with Gasteiger partial charge in [0.1, 0.15) is 23.0 Å². The molecule has 0 radical (unpaired) electrons. The SMILES string of the molecule is NC(=S)N(c1ccc(S(N)(=O)=O)cc1I)c1cccc2c1C(=O)OC21c2ccc(O)cc2Oc2cc(O)ccc21. The third-order valence-corrected chi connectivity index (χ3v) is 8.69. The molecule has 0 saturated carbocycles. The number of hydrogen-bond donors (Lipinski definition) is 4. The van der Waals surface area contributed by atoms with Gasteiger partial charge >= 0.3 is 5.97 Å². The average molecular weight is 687 g/mol. The fourth-order valence-electron chi connectivity index (χ4n) is 5.13. The number of sulfonamides is 1. The second-order valence-electron chi connectivity index (χ2n) is 9.07. The Hall–Kier alpha value is -3.92. The second kappa shape index (κ2) is 9.05. The van der Waals surface area contributed by atoms with Crippen molar-refractivity contribution < 1.29 is 32.9 Å². The number of thiocarbonyl (C=S) groups is 1. The van der Waals surface area contributed by atoms with Crippen molar-refractivity contribution in [3.8, 4) is 23.0 Å². The Kier molecular flexibility index (Phi) is 5.96. The Morgan fingerprint density at radius 3 is 2.08 bits per heavy atom. The summed E-state index contributed by atoms with van der Waals surface area (Å²) in [5, 5.41) is 25.5. The Balaban J connectivity index is 1.62. The van der Waals surface area contributed by atoms with E-state index in [-0.39, 0.29) is 38.6 Å². The lowest BCUT2D eigenvalue weighted by Gasteiger charge is -2.36. The van der Waals surface area contributed by atoms with Gasteiger partial charge < -0.3 is 25.4 Å². The molecule has 0 amide bonds. The molecule has 0 aromatic heterocycles. The summed E-state index contributed by atoms with van der Waals surface area (Å²) in [4.78, 5) is 15.1. The summed E-state index contributed by atoms with van der Waals surface area (Å²) < 4.78 is 36.4. The summed E-state index contributed by atoms with van der Waals surface area (Å²) in [7, 11) is -3.96. The van der Waals surface area contributed by atoms with Crippen LogP contribution in [0.25, 0.3) is 0 Å². The van der Waals surface area contributed by atoms with Gasteiger partial charge in [-0.15, -0.1) is 0 Å². The van der Waals surface area contributed by atoms with Gasteiger partial charge in [-0.1, -0.05) is 12.1 Å². The van der Waals surface area contributed by atoms with Crippen LogP contribution in [0.15, 0.2) is 77.7 Å². The molecule has 4 aromatic carbocycles. The highest BCUT2D eigenvalue weighted by Gasteiger charge is 2.54. The molecule has 0 atom stereocenters. The number of nitrogens with two attached hydrogens (primary N) is 2. The quantitative estimate of drug-likeness (QED) is 0.139. The van der Waals surface area contributed by atoms with E-state index in [1.54, 1.807) is 30.3 Å². The summed E-state index contributed by atoms with van der Waals surface area (Å²) >= 11 is 7.33. The second-order valence-corrected chi connectivity index (χ2v) is 12.2. The zero-order chi connectivity index (χ0) is 28.6. The van der Waals surface area contributed by atoms with Crippen LogP contribution in [0, 0.1) is 3.57 Å². The van der Waals surface area contributed by atoms with Gasteiger partial charge in [0, 0.05) is 32.4 Å². The maximum absolute atomic E-state index is 13.8. The first-order valence-corrected chi connectivity index (χ1v) is 14.6. The Morgan fingerprint density at radius 1 is 0.900 bits per heavy atom. The number of halogens is 1. The van der Waals surface area contributed by atoms with Crippen LogP contribution in [0.5, 0.6) is 23.0 Å². The first-order chi connectivity index (χ1) is 18.9. The van der Waals surface area contributed by atoms with Crippen LogP contribution in [0.3, 0.4) is 0 Å². The van der Waals surface area contributed by atoms with E-state index in [4.69, 9.17) is 32.6 Å². The monoisotopic (exact) mass is 687 g/mol. The number of aromatic hydroxyl groups is 2.